The lowest BCUT2D eigenvalue weighted by atomic mass is 10.2. The Hall–Kier alpha value is -3.56. The summed E-state index contributed by atoms with van der Waals surface area (Å²) in [6.45, 7) is 1.02. The van der Waals surface area contributed by atoms with Crippen LogP contribution in [0.3, 0.4) is 0 Å². The van der Waals surface area contributed by atoms with Gasteiger partial charge in [0.05, 0.1) is 15.5 Å². The predicted octanol–water partition coefficient (Wildman–Crippen LogP) is 2.97. The van der Waals surface area contributed by atoms with Gasteiger partial charge in [0.15, 0.2) is 6.61 Å². The summed E-state index contributed by atoms with van der Waals surface area (Å²) in [6.07, 6.45) is 0. The third kappa shape index (κ3) is 4.47. The number of nitrogens with zero attached hydrogens (tertiary/aromatic N) is 2. The first-order valence-electron chi connectivity index (χ1n) is 6.89. The molecule has 0 unspecified atom stereocenters. The second kappa shape index (κ2) is 7.34. The predicted molar refractivity (Wildman–Crippen MR) is 85.0 cm³/mol. The molecule has 0 heterocycles. The SMILES string of the molecule is Cc1cc(OCC(=O)Nc2cc([N+](=O)[O-])ccc2F)ccc1[N+](=O)[O-]. The number of amides is 1. The molecular formula is C15H12FN3O6. The molecule has 2 aromatic carbocycles. The van der Waals surface area contributed by atoms with Gasteiger partial charge in [-0.15, -0.1) is 0 Å². The van der Waals surface area contributed by atoms with E-state index in [-0.39, 0.29) is 22.8 Å². The van der Waals surface area contributed by atoms with Crippen molar-refractivity contribution in [3.8, 4) is 5.75 Å². The monoisotopic (exact) mass is 349 g/mol. The molecule has 25 heavy (non-hydrogen) atoms. The third-order valence-corrected chi connectivity index (χ3v) is 3.17. The maximum absolute atomic E-state index is 13.6. The van der Waals surface area contributed by atoms with E-state index < -0.39 is 28.2 Å². The van der Waals surface area contributed by atoms with Gasteiger partial charge in [0.2, 0.25) is 0 Å². The van der Waals surface area contributed by atoms with E-state index in [0.717, 1.165) is 18.2 Å². The van der Waals surface area contributed by atoms with Crippen molar-refractivity contribution in [2.75, 3.05) is 11.9 Å². The molecule has 10 heteroatoms. The van der Waals surface area contributed by atoms with Crippen LogP contribution >= 0.6 is 0 Å². The summed E-state index contributed by atoms with van der Waals surface area (Å²) in [5.74, 6) is -1.35. The Morgan fingerprint density at radius 3 is 2.48 bits per heavy atom. The molecule has 2 aromatic rings. The second-order valence-electron chi connectivity index (χ2n) is 4.96. The van der Waals surface area contributed by atoms with Gasteiger partial charge >= 0.3 is 0 Å². The van der Waals surface area contributed by atoms with E-state index in [2.05, 4.69) is 5.32 Å². The lowest BCUT2D eigenvalue weighted by Crippen LogP contribution is -2.21. The summed E-state index contributed by atoms with van der Waals surface area (Å²) in [6, 6.07) is 6.69. The van der Waals surface area contributed by atoms with E-state index >= 15 is 0 Å². The highest BCUT2D eigenvalue weighted by atomic mass is 19.1. The van der Waals surface area contributed by atoms with Gasteiger partial charge in [-0.3, -0.25) is 25.0 Å². The number of anilines is 1. The number of benzene rings is 2. The van der Waals surface area contributed by atoms with Crippen LogP contribution in [0.4, 0.5) is 21.5 Å². The highest BCUT2D eigenvalue weighted by Crippen LogP contribution is 2.23. The Labute approximate surface area is 140 Å². The van der Waals surface area contributed by atoms with Crippen LogP contribution in [0.15, 0.2) is 36.4 Å². The smallest absolute Gasteiger partial charge is 0.272 e. The van der Waals surface area contributed by atoms with Gasteiger partial charge in [0, 0.05) is 23.8 Å². The zero-order chi connectivity index (χ0) is 18.6. The zero-order valence-electron chi connectivity index (χ0n) is 12.9. The molecule has 130 valence electrons. The molecule has 1 amide bonds. The number of nitro benzene ring substituents is 2. The average Bonchev–Trinajstić information content (AvgIpc) is 2.54. The quantitative estimate of drug-likeness (QED) is 0.631. The molecule has 1 N–H and O–H groups in total. The number of hydrogen-bond acceptors (Lipinski definition) is 6. The van der Waals surface area contributed by atoms with Crippen molar-refractivity contribution in [3.63, 3.8) is 0 Å². The molecule has 0 fully saturated rings. The van der Waals surface area contributed by atoms with Gasteiger partial charge < -0.3 is 10.1 Å². The van der Waals surface area contributed by atoms with Crippen molar-refractivity contribution in [1.29, 1.82) is 0 Å². The molecule has 2 rings (SSSR count). The third-order valence-electron chi connectivity index (χ3n) is 3.17. The van der Waals surface area contributed by atoms with Crippen LogP contribution < -0.4 is 10.1 Å². The van der Waals surface area contributed by atoms with E-state index in [1.54, 1.807) is 0 Å². The fourth-order valence-electron chi connectivity index (χ4n) is 1.98. The van der Waals surface area contributed by atoms with Crippen LogP contribution in [0.25, 0.3) is 0 Å². The minimum atomic E-state index is -0.829. The van der Waals surface area contributed by atoms with E-state index in [0.29, 0.717) is 5.56 Å². The van der Waals surface area contributed by atoms with Crippen molar-refractivity contribution in [2.24, 2.45) is 0 Å². The number of nitro groups is 2. The summed E-state index contributed by atoms with van der Waals surface area (Å²) >= 11 is 0. The van der Waals surface area contributed by atoms with Crippen LogP contribution in [-0.2, 0) is 4.79 Å². The van der Waals surface area contributed by atoms with Crippen molar-refractivity contribution < 1.29 is 23.8 Å². The summed E-state index contributed by atoms with van der Waals surface area (Å²) in [4.78, 5) is 31.9. The molecule has 0 spiro atoms. The second-order valence-corrected chi connectivity index (χ2v) is 4.96. The van der Waals surface area contributed by atoms with E-state index in [9.17, 15) is 29.4 Å². The first-order chi connectivity index (χ1) is 11.8. The minimum Gasteiger partial charge on any atom is -0.484 e. The van der Waals surface area contributed by atoms with E-state index in [1.165, 1.54) is 25.1 Å². The lowest BCUT2D eigenvalue weighted by Gasteiger charge is -2.09. The number of nitrogens with one attached hydrogen (secondary N) is 1. The fourth-order valence-corrected chi connectivity index (χ4v) is 1.98. The minimum absolute atomic E-state index is 0.0875. The Morgan fingerprint density at radius 2 is 1.88 bits per heavy atom. The average molecular weight is 349 g/mol. The Balaban J connectivity index is 2.02. The molecule has 0 aliphatic heterocycles. The van der Waals surface area contributed by atoms with Gasteiger partial charge in [0.25, 0.3) is 17.3 Å². The molecule has 0 radical (unpaired) electrons. The molecule has 0 aliphatic carbocycles. The Bertz CT molecular complexity index is 855. The maximum atomic E-state index is 13.6. The van der Waals surface area contributed by atoms with Gasteiger partial charge in [-0.1, -0.05) is 0 Å². The number of ether oxygens (including phenoxy) is 1. The Morgan fingerprint density at radius 1 is 1.16 bits per heavy atom. The van der Waals surface area contributed by atoms with Crippen LogP contribution in [0.5, 0.6) is 5.75 Å². The topological polar surface area (TPSA) is 125 Å². The number of carbonyl (C=O) groups excluding carboxylic acids is 1. The molecule has 9 nitrogen and oxygen atoms in total. The summed E-state index contributed by atoms with van der Waals surface area (Å²) < 4.78 is 18.8. The van der Waals surface area contributed by atoms with Gasteiger partial charge in [-0.25, -0.2) is 4.39 Å². The molecule has 0 atom stereocenters. The van der Waals surface area contributed by atoms with Crippen molar-refractivity contribution in [1.82, 2.24) is 0 Å². The fraction of sp³-hybridized carbons (Fsp3) is 0.133. The number of non-ortho nitro benzene ring substituents is 1. The van der Waals surface area contributed by atoms with Crippen molar-refractivity contribution in [2.45, 2.75) is 6.92 Å². The van der Waals surface area contributed by atoms with E-state index in [1.807, 2.05) is 0 Å². The molecule has 0 saturated carbocycles. The zero-order valence-corrected chi connectivity index (χ0v) is 12.9. The highest BCUT2D eigenvalue weighted by Gasteiger charge is 2.14. The largest absolute Gasteiger partial charge is 0.484 e. The van der Waals surface area contributed by atoms with Crippen molar-refractivity contribution >= 4 is 23.0 Å². The molecule has 0 bridgehead atoms. The summed E-state index contributed by atoms with van der Waals surface area (Å²) in [7, 11) is 0. The normalized spacial score (nSPS) is 10.2. The number of rotatable bonds is 6. The van der Waals surface area contributed by atoms with Gasteiger partial charge in [0.1, 0.15) is 11.6 Å². The molecular weight excluding hydrogens is 337 g/mol. The van der Waals surface area contributed by atoms with Crippen LogP contribution in [0, 0.1) is 33.0 Å². The molecule has 0 saturated heterocycles. The lowest BCUT2D eigenvalue weighted by molar-refractivity contribution is -0.385. The molecule has 0 aliphatic rings. The standard InChI is InChI=1S/C15H12FN3O6/c1-9-6-11(3-5-14(9)19(23)24)25-8-15(20)17-13-7-10(18(21)22)2-4-12(13)16/h2-7H,8H2,1H3,(H,17,20). The number of carbonyl (C=O) groups is 1. The van der Waals surface area contributed by atoms with Crippen LogP contribution in [0.2, 0.25) is 0 Å². The van der Waals surface area contributed by atoms with Crippen molar-refractivity contribution in [3.05, 3.63) is 68.0 Å². The Kier molecular flexibility index (Phi) is 5.22. The van der Waals surface area contributed by atoms with Crippen LogP contribution in [0.1, 0.15) is 5.56 Å². The number of aryl methyl sites for hydroxylation is 1. The summed E-state index contributed by atoms with van der Waals surface area (Å²) in [5.41, 5.74) is -0.450. The summed E-state index contributed by atoms with van der Waals surface area (Å²) in [5, 5.41) is 23.6. The maximum Gasteiger partial charge on any atom is 0.272 e. The van der Waals surface area contributed by atoms with E-state index in [4.69, 9.17) is 4.74 Å². The first-order valence-corrected chi connectivity index (χ1v) is 6.89. The number of hydrogen-bond donors (Lipinski definition) is 1. The van der Waals surface area contributed by atoms with Crippen LogP contribution in [-0.4, -0.2) is 22.4 Å². The number of halogens is 1. The highest BCUT2D eigenvalue weighted by molar-refractivity contribution is 5.92. The molecule has 0 aromatic heterocycles. The van der Waals surface area contributed by atoms with Gasteiger partial charge in [-0.2, -0.15) is 0 Å². The first kappa shape index (κ1) is 17.8. The van der Waals surface area contributed by atoms with Gasteiger partial charge in [-0.05, 0) is 25.1 Å².